The third kappa shape index (κ3) is 5.46. The number of rotatable bonds is 6. The highest BCUT2D eigenvalue weighted by molar-refractivity contribution is 8.26. The summed E-state index contributed by atoms with van der Waals surface area (Å²) in [6.45, 7) is 8.31. The van der Waals surface area contributed by atoms with E-state index in [1.165, 1.54) is 11.8 Å². The second kappa shape index (κ2) is 11.1. The minimum absolute atomic E-state index is 0.102. The van der Waals surface area contributed by atoms with Gasteiger partial charge in [0.15, 0.2) is 0 Å². The van der Waals surface area contributed by atoms with E-state index in [-0.39, 0.29) is 17.0 Å². The van der Waals surface area contributed by atoms with Crippen molar-refractivity contribution in [2.24, 2.45) is 18.9 Å². The second-order valence-electron chi connectivity index (χ2n) is 10.00. The SMILES string of the molecule is COc1ccc(CCN2C(=O)/C(=C\c3c(C)c(C#N)c(=O)n(C)c3N3CC(C)CC(C)C3)SC2=S)cc1. The molecule has 4 rings (SSSR count). The van der Waals surface area contributed by atoms with Gasteiger partial charge in [-0.25, -0.2) is 0 Å². The lowest BCUT2D eigenvalue weighted by atomic mass is 9.91. The number of ether oxygens (including phenoxy) is 1. The number of hydrogen-bond acceptors (Lipinski definition) is 7. The molecule has 0 N–H and O–H groups in total. The van der Waals surface area contributed by atoms with E-state index in [1.807, 2.05) is 30.3 Å². The topological polar surface area (TPSA) is 78.6 Å². The van der Waals surface area contributed by atoms with E-state index in [2.05, 4.69) is 24.8 Å². The molecular weight excluding hydrogens is 504 g/mol. The third-order valence-electron chi connectivity index (χ3n) is 7.07. The summed E-state index contributed by atoms with van der Waals surface area (Å²) in [5, 5.41) is 9.73. The van der Waals surface area contributed by atoms with Crippen molar-refractivity contribution < 1.29 is 9.53 Å². The minimum atomic E-state index is -0.315. The molecule has 2 unspecified atom stereocenters. The van der Waals surface area contributed by atoms with Gasteiger partial charge in [0.2, 0.25) is 0 Å². The Morgan fingerprint density at radius 1 is 1.19 bits per heavy atom. The van der Waals surface area contributed by atoms with Gasteiger partial charge >= 0.3 is 0 Å². The highest BCUT2D eigenvalue weighted by atomic mass is 32.2. The molecule has 0 bridgehead atoms. The van der Waals surface area contributed by atoms with Crippen LogP contribution < -0.4 is 15.2 Å². The predicted octanol–water partition coefficient (Wildman–Crippen LogP) is 4.50. The summed E-state index contributed by atoms with van der Waals surface area (Å²) in [5.74, 6) is 2.33. The number of nitriles is 1. The first kappa shape index (κ1) is 27.0. The van der Waals surface area contributed by atoms with Crippen LogP contribution in [0.5, 0.6) is 5.75 Å². The molecule has 0 saturated carbocycles. The smallest absolute Gasteiger partial charge is 0.270 e. The van der Waals surface area contributed by atoms with E-state index < -0.39 is 0 Å². The van der Waals surface area contributed by atoms with E-state index in [0.717, 1.165) is 42.2 Å². The molecule has 3 heterocycles. The molecule has 9 heteroatoms. The molecule has 1 aromatic heterocycles. The van der Waals surface area contributed by atoms with Gasteiger partial charge in [-0.3, -0.25) is 19.1 Å². The quantitative estimate of drug-likeness (QED) is 0.397. The van der Waals surface area contributed by atoms with Crippen molar-refractivity contribution in [2.75, 3.05) is 31.6 Å². The maximum absolute atomic E-state index is 13.4. The average Bonchev–Trinajstić information content (AvgIpc) is 3.13. The standard InChI is InChI=1S/C28H32N4O3S2/c1-17-12-18(2)16-31(15-17)25-22(19(3)23(14-29)26(33)30(25)4)13-24-27(34)32(28(36)37-24)11-10-20-6-8-21(35-5)9-7-20/h6-9,13,17-18H,10-12,15-16H2,1-5H3/b24-13+. The van der Waals surface area contributed by atoms with Crippen LogP contribution in [-0.4, -0.2) is 46.4 Å². The summed E-state index contributed by atoms with van der Waals surface area (Å²) in [6.07, 6.45) is 3.61. The molecule has 2 aliphatic rings. The number of hydrogen-bond donors (Lipinski definition) is 0. The zero-order valence-electron chi connectivity index (χ0n) is 21.9. The first-order chi connectivity index (χ1) is 17.6. The molecule has 2 aromatic rings. The van der Waals surface area contributed by atoms with Crippen LogP contribution in [0.3, 0.4) is 0 Å². The first-order valence-electron chi connectivity index (χ1n) is 12.4. The maximum atomic E-state index is 13.4. The van der Waals surface area contributed by atoms with E-state index in [0.29, 0.717) is 39.6 Å². The first-order valence-corrected chi connectivity index (χ1v) is 13.6. The maximum Gasteiger partial charge on any atom is 0.270 e. The molecule has 1 amide bonds. The molecule has 2 atom stereocenters. The van der Waals surface area contributed by atoms with Crippen molar-refractivity contribution in [1.82, 2.24) is 9.47 Å². The van der Waals surface area contributed by atoms with Crippen molar-refractivity contribution in [3.05, 3.63) is 61.8 Å². The van der Waals surface area contributed by atoms with Crippen molar-refractivity contribution in [1.29, 1.82) is 5.26 Å². The fourth-order valence-corrected chi connectivity index (χ4v) is 6.58. The summed E-state index contributed by atoms with van der Waals surface area (Å²) < 4.78 is 7.29. The number of thiocarbonyl (C=S) groups is 1. The Labute approximate surface area is 227 Å². The Kier molecular flexibility index (Phi) is 8.10. The van der Waals surface area contributed by atoms with Crippen molar-refractivity contribution in [2.45, 2.75) is 33.6 Å². The molecule has 7 nitrogen and oxygen atoms in total. The number of aromatic nitrogens is 1. The third-order valence-corrected chi connectivity index (χ3v) is 8.45. The molecule has 2 aliphatic heterocycles. The summed E-state index contributed by atoms with van der Waals surface area (Å²) in [7, 11) is 3.34. The van der Waals surface area contributed by atoms with Gasteiger partial charge in [0.1, 0.15) is 27.5 Å². The van der Waals surface area contributed by atoms with Crippen molar-refractivity contribution in [3.8, 4) is 11.8 Å². The average molecular weight is 537 g/mol. The van der Waals surface area contributed by atoms with Gasteiger partial charge < -0.3 is 9.64 Å². The van der Waals surface area contributed by atoms with Gasteiger partial charge in [0, 0.05) is 32.2 Å². The van der Waals surface area contributed by atoms with Crippen LogP contribution in [-0.2, 0) is 18.3 Å². The molecule has 0 radical (unpaired) electrons. The van der Waals surface area contributed by atoms with Crippen molar-refractivity contribution in [3.63, 3.8) is 0 Å². The number of carbonyl (C=O) groups excluding carboxylic acids is 1. The number of nitrogens with zero attached hydrogens (tertiary/aromatic N) is 4. The Hall–Kier alpha value is -3.09. The molecule has 0 aliphatic carbocycles. The number of anilines is 1. The predicted molar refractivity (Wildman–Crippen MR) is 153 cm³/mol. The zero-order valence-corrected chi connectivity index (χ0v) is 23.5. The van der Waals surface area contributed by atoms with Crippen molar-refractivity contribution >= 4 is 46.1 Å². The van der Waals surface area contributed by atoms with Crippen LogP contribution in [0.2, 0.25) is 0 Å². The number of carbonyl (C=O) groups is 1. The van der Waals surface area contributed by atoms with Gasteiger partial charge in [0.05, 0.1) is 12.0 Å². The largest absolute Gasteiger partial charge is 0.497 e. The molecule has 1 aromatic carbocycles. The summed E-state index contributed by atoms with van der Waals surface area (Å²) in [5.41, 5.74) is 2.20. The Balaban J connectivity index is 1.68. The van der Waals surface area contributed by atoms with Crippen LogP contribution in [0.15, 0.2) is 34.0 Å². The molecule has 2 saturated heterocycles. The van der Waals surface area contributed by atoms with Crippen LogP contribution in [0.1, 0.15) is 42.5 Å². The monoisotopic (exact) mass is 536 g/mol. The lowest BCUT2D eigenvalue weighted by molar-refractivity contribution is -0.122. The van der Waals surface area contributed by atoms with Crippen LogP contribution in [0.25, 0.3) is 6.08 Å². The Bertz CT molecular complexity index is 1350. The van der Waals surface area contributed by atoms with Gasteiger partial charge in [0.25, 0.3) is 11.5 Å². The Morgan fingerprint density at radius 3 is 2.43 bits per heavy atom. The molecule has 37 heavy (non-hydrogen) atoms. The normalized spacial score (nSPS) is 21.0. The van der Waals surface area contributed by atoms with E-state index in [9.17, 15) is 14.9 Å². The van der Waals surface area contributed by atoms with Crippen LogP contribution in [0, 0.1) is 30.1 Å². The number of piperidine rings is 1. The van der Waals surface area contributed by atoms with Gasteiger partial charge in [-0.1, -0.05) is 50.0 Å². The lowest BCUT2D eigenvalue weighted by Crippen LogP contribution is -2.42. The highest BCUT2D eigenvalue weighted by Crippen LogP contribution is 2.37. The Morgan fingerprint density at radius 2 is 1.84 bits per heavy atom. The number of benzene rings is 1. The van der Waals surface area contributed by atoms with Gasteiger partial charge in [-0.05, 0) is 60.9 Å². The summed E-state index contributed by atoms with van der Waals surface area (Å²) >= 11 is 6.84. The van der Waals surface area contributed by atoms with E-state index in [1.54, 1.807) is 30.5 Å². The molecule has 0 spiro atoms. The van der Waals surface area contributed by atoms with E-state index >= 15 is 0 Å². The molecular formula is C28H32N4O3S2. The van der Waals surface area contributed by atoms with Crippen LogP contribution in [0.4, 0.5) is 5.82 Å². The second-order valence-corrected chi connectivity index (χ2v) is 11.7. The summed E-state index contributed by atoms with van der Waals surface area (Å²) in [4.78, 5) is 30.8. The van der Waals surface area contributed by atoms with E-state index in [4.69, 9.17) is 17.0 Å². The number of thioether (sulfide) groups is 1. The summed E-state index contributed by atoms with van der Waals surface area (Å²) in [6, 6.07) is 9.84. The molecule has 2 fully saturated rings. The minimum Gasteiger partial charge on any atom is -0.497 e. The van der Waals surface area contributed by atoms with Gasteiger partial charge in [-0.15, -0.1) is 0 Å². The van der Waals surface area contributed by atoms with Gasteiger partial charge in [-0.2, -0.15) is 5.26 Å². The number of methoxy groups -OCH3 is 1. The number of pyridine rings is 1. The number of amides is 1. The fourth-order valence-electron chi connectivity index (χ4n) is 5.29. The fraction of sp³-hybridized carbons (Fsp3) is 0.429. The lowest BCUT2D eigenvalue weighted by Gasteiger charge is -2.38. The zero-order chi connectivity index (χ0) is 26.9. The van der Waals surface area contributed by atoms with Crippen LogP contribution >= 0.6 is 24.0 Å². The highest BCUT2D eigenvalue weighted by Gasteiger charge is 2.33. The molecule has 194 valence electrons.